The number of aliphatic imine (C=N–C) groups is 1. The van der Waals surface area contributed by atoms with E-state index in [-0.39, 0.29) is 24.0 Å². The maximum Gasteiger partial charge on any atom is 0.194 e. The largest absolute Gasteiger partial charge is 0.376 e. The fourth-order valence-corrected chi connectivity index (χ4v) is 4.17. The van der Waals surface area contributed by atoms with Gasteiger partial charge in [0.2, 0.25) is 0 Å². The Hall–Kier alpha value is -0.450. The van der Waals surface area contributed by atoms with E-state index in [1.165, 1.54) is 17.7 Å². The predicted molar refractivity (Wildman–Crippen MR) is 121 cm³/mol. The summed E-state index contributed by atoms with van der Waals surface area (Å²) < 4.78 is 11.9. The summed E-state index contributed by atoms with van der Waals surface area (Å²) in [6, 6.07) is 0. The van der Waals surface area contributed by atoms with Gasteiger partial charge in [-0.1, -0.05) is 0 Å². The van der Waals surface area contributed by atoms with Crippen LogP contribution in [0.15, 0.2) is 10.5 Å². The van der Waals surface area contributed by atoms with Crippen molar-refractivity contribution in [1.82, 2.24) is 15.2 Å². The summed E-state index contributed by atoms with van der Waals surface area (Å²) in [5.41, 5.74) is 2.98. The zero-order valence-corrected chi connectivity index (χ0v) is 19.6. The van der Waals surface area contributed by atoms with Crippen LogP contribution in [-0.4, -0.2) is 60.9 Å². The highest BCUT2D eigenvalue weighted by Gasteiger charge is 2.23. The second-order valence-corrected chi connectivity index (χ2v) is 7.98. The van der Waals surface area contributed by atoms with Gasteiger partial charge < -0.3 is 19.7 Å². The minimum absolute atomic E-state index is 0. The molecule has 0 saturated carbocycles. The van der Waals surface area contributed by atoms with Crippen LogP contribution in [0.3, 0.4) is 0 Å². The number of hydrogen-bond donors (Lipinski definition) is 1. The average molecular weight is 508 g/mol. The van der Waals surface area contributed by atoms with E-state index in [9.17, 15) is 0 Å². The van der Waals surface area contributed by atoms with E-state index in [0.717, 1.165) is 63.8 Å². The summed E-state index contributed by atoms with van der Waals surface area (Å²) in [6.45, 7) is 9.38. The summed E-state index contributed by atoms with van der Waals surface area (Å²) in [4.78, 5) is 12.7. The van der Waals surface area contributed by atoms with Crippen molar-refractivity contribution < 1.29 is 9.47 Å². The Kier molecular flexibility index (Phi) is 10.3. The SMILES string of the molecule is CCNC(=NCc1scnc1C)N1CCC(OCC2CCCCO2)CC1.I. The van der Waals surface area contributed by atoms with Crippen LogP contribution in [0.4, 0.5) is 0 Å². The molecule has 6 nitrogen and oxygen atoms in total. The lowest BCUT2D eigenvalue weighted by molar-refractivity contribution is -0.0721. The number of rotatable bonds is 6. The maximum absolute atomic E-state index is 6.13. The van der Waals surface area contributed by atoms with Crippen LogP contribution < -0.4 is 5.32 Å². The molecule has 2 aliphatic heterocycles. The smallest absolute Gasteiger partial charge is 0.194 e. The molecule has 0 aliphatic carbocycles. The number of guanidine groups is 1. The number of hydrogen-bond acceptors (Lipinski definition) is 5. The zero-order chi connectivity index (χ0) is 18.2. The quantitative estimate of drug-likeness (QED) is 0.362. The molecule has 1 unspecified atom stereocenters. The fourth-order valence-electron chi connectivity index (χ4n) is 3.47. The first-order chi connectivity index (χ1) is 12.8. The van der Waals surface area contributed by atoms with E-state index in [1.54, 1.807) is 11.3 Å². The van der Waals surface area contributed by atoms with E-state index < -0.39 is 0 Å². The van der Waals surface area contributed by atoms with Crippen molar-refractivity contribution >= 4 is 41.3 Å². The summed E-state index contributed by atoms with van der Waals surface area (Å²) in [7, 11) is 0. The van der Waals surface area contributed by atoms with Crippen molar-refractivity contribution in [2.24, 2.45) is 4.99 Å². The van der Waals surface area contributed by atoms with Gasteiger partial charge >= 0.3 is 0 Å². The number of nitrogens with zero attached hydrogens (tertiary/aromatic N) is 3. The number of piperidine rings is 1. The van der Waals surface area contributed by atoms with Crippen molar-refractivity contribution in [3.8, 4) is 0 Å². The standard InChI is InChI=1S/C19H32N4O2S.HI/c1-3-20-19(21-12-18-15(2)22-14-26-18)23-9-7-16(8-10-23)25-13-17-6-4-5-11-24-17;/h14,16-17H,3-13H2,1-2H3,(H,20,21);1H. The van der Waals surface area contributed by atoms with Crippen molar-refractivity contribution in [2.45, 2.75) is 64.7 Å². The number of halogens is 1. The van der Waals surface area contributed by atoms with Crippen molar-refractivity contribution in [1.29, 1.82) is 0 Å². The molecule has 0 radical (unpaired) electrons. The second kappa shape index (κ2) is 12.2. The van der Waals surface area contributed by atoms with E-state index in [4.69, 9.17) is 14.5 Å². The Morgan fingerprint density at radius 1 is 1.37 bits per heavy atom. The summed E-state index contributed by atoms with van der Waals surface area (Å²) in [6.07, 6.45) is 6.38. The first-order valence-corrected chi connectivity index (χ1v) is 10.8. The zero-order valence-electron chi connectivity index (χ0n) is 16.5. The predicted octanol–water partition coefficient (Wildman–Crippen LogP) is 3.59. The molecule has 2 fully saturated rings. The molecule has 0 amide bonds. The molecule has 3 rings (SSSR count). The third-order valence-corrected chi connectivity index (χ3v) is 6.01. The lowest BCUT2D eigenvalue weighted by atomic mass is 10.1. The third kappa shape index (κ3) is 7.14. The van der Waals surface area contributed by atoms with Crippen LogP contribution in [0, 0.1) is 6.92 Å². The van der Waals surface area contributed by atoms with Gasteiger partial charge in [-0.25, -0.2) is 9.98 Å². The van der Waals surface area contributed by atoms with Gasteiger partial charge in [-0.2, -0.15) is 0 Å². The van der Waals surface area contributed by atoms with Crippen LogP contribution in [0.5, 0.6) is 0 Å². The van der Waals surface area contributed by atoms with Gasteiger partial charge in [-0.05, 0) is 46.0 Å². The molecule has 1 N–H and O–H groups in total. The Bertz CT molecular complexity index is 570. The topological polar surface area (TPSA) is 59.0 Å². The van der Waals surface area contributed by atoms with Gasteiger partial charge in [0.1, 0.15) is 0 Å². The average Bonchev–Trinajstić information content (AvgIpc) is 3.10. The fraction of sp³-hybridized carbons (Fsp3) is 0.789. The Labute approximate surface area is 184 Å². The summed E-state index contributed by atoms with van der Waals surface area (Å²) in [5.74, 6) is 1.01. The second-order valence-electron chi connectivity index (χ2n) is 7.04. The summed E-state index contributed by atoms with van der Waals surface area (Å²) >= 11 is 1.68. The van der Waals surface area contributed by atoms with Crippen molar-refractivity contribution in [2.75, 3.05) is 32.8 Å². The van der Waals surface area contributed by atoms with Gasteiger partial charge in [0, 0.05) is 31.1 Å². The highest BCUT2D eigenvalue weighted by molar-refractivity contribution is 14.0. The van der Waals surface area contributed by atoms with Crippen LogP contribution in [0.2, 0.25) is 0 Å². The number of aryl methyl sites for hydroxylation is 1. The molecule has 1 atom stereocenters. The molecule has 1 aromatic rings. The van der Waals surface area contributed by atoms with Crippen LogP contribution >= 0.6 is 35.3 Å². The molecule has 27 heavy (non-hydrogen) atoms. The lowest BCUT2D eigenvalue weighted by Crippen LogP contribution is -2.47. The highest BCUT2D eigenvalue weighted by atomic mass is 127. The van der Waals surface area contributed by atoms with Crippen molar-refractivity contribution in [3.05, 3.63) is 16.1 Å². The number of likely N-dealkylation sites (tertiary alicyclic amines) is 1. The molecule has 3 heterocycles. The van der Waals surface area contributed by atoms with E-state index in [1.807, 2.05) is 12.4 Å². The molecule has 0 spiro atoms. The molecule has 0 bridgehead atoms. The highest BCUT2D eigenvalue weighted by Crippen LogP contribution is 2.18. The number of ether oxygens (including phenoxy) is 2. The molecule has 2 saturated heterocycles. The van der Waals surface area contributed by atoms with Gasteiger partial charge in [-0.15, -0.1) is 35.3 Å². The number of thiazole rings is 1. The molecule has 2 aliphatic rings. The number of nitrogens with one attached hydrogen (secondary N) is 1. The Balaban J connectivity index is 0.00000261. The molecule has 1 aromatic heterocycles. The molecule has 154 valence electrons. The number of aromatic nitrogens is 1. The Morgan fingerprint density at radius 3 is 2.81 bits per heavy atom. The van der Waals surface area contributed by atoms with Gasteiger partial charge in [-0.3, -0.25) is 0 Å². The molecular weight excluding hydrogens is 475 g/mol. The maximum atomic E-state index is 6.13. The third-order valence-electron chi connectivity index (χ3n) is 5.09. The lowest BCUT2D eigenvalue weighted by Gasteiger charge is -2.35. The van der Waals surface area contributed by atoms with E-state index in [0.29, 0.717) is 18.8 Å². The monoisotopic (exact) mass is 508 g/mol. The Morgan fingerprint density at radius 2 is 2.19 bits per heavy atom. The first kappa shape index (κ1) is 22.8. The molecule has 8 heteroatoms. The van der Waals surface area contributed by atoms with E-state index in [2.05, 4.69) is 22.1 Å². The minimum Gasteiger partial charge on any atom is -0.376 e. The van der Waals surface area contributed by atoms with E-state index >= 15 is 0 Å². The normalized spacial score (nSPS) is 21.8. The van der Waals surface area contributed by atoms with Gasteiger partial charge in [0.15, 0.2) is 5.96 Å². The van der Waals surface area contributed by atoms with Crippen LogP contribution in [0.25, 0.3) is 0 Å². The first-order valence-electron chi connectivity index (χ1n) is 9.91. The van der Waals surface area contributed by atoms with Gasteiger partial charge in [0.05, 0.1) is 36.6 Å². The van der Waals surface area contributed by atoms with Crippen LogP contribution in [0.1, 0.15) is 49.6 Å². The minimum atomic E-state index is 0. The van der Waals surface area contributed by atoms with Crippen molar-refractivity contribution in [3.63, 3.8) is 0 Å². The van der Waals surface area contributed by atoms with Gasteiger partial charge in [0.25, 0.3) is 0 Å². The molecule has 0 aromatic carbocycles. The molecular formula is C19H33IN4O2S. The summed E-state index contributed by atoms with van der Waals surface area (Å²) in [5, 5.41) is 3.43. The van der Waals surface area contributed by atoms with Crippen LogP contribution in [-0.2, 0) is 16.0 Å².